The molecule has 3 aromatic carbocycles. The summed E-state index contributed by atoms with van der Waals surface area (Å²) in [5.74, 6) is -0.635. The highest BCUT2D eigenvalue weighted by Crippen LogP contribution is 2.34. The Morgan fingerprint density at radius 2 is 1.71 bits per heavy atom. The van der Waals surface area contributed by atoms with E-state index >= 15 is 0 Å². The predicted molar refractivity (Wildman–Crippen MR) is 121 cm³/mol. The molecule has 5 nitrogen and oxygen atoms in total. The van der Waals surface area contributed by atoms with Crippen LogP contribution in [0.2, 0.25) is 0 Å². The van der Waals surface area contributed by atoms with Crippen molar-refractivity contribution < 1.29 is 14.4 Å². The Bertz CT molecular complexity index is 1190. The van der Waals surface area contributed by atoms with Gasteiger partial charge in [-0.15, -0.1) is 0 Å². The van der Waals surface area contributed by atoms with E-state index < -0.39 is 17.5 Å². The molecule has 1 aliphatic rings. The lowest BCUT2D eigenvalue weighted by molar-refractivity contribution is -0.130. The van der Waals surface area contributed by atoms with Crippen LogP contribution in [-0.2, 0) is 23.2 Å². The average molecular weight is 415 g/mol. The number of nitrogens with one attached hydrogen (secondary N) is 1. The number of Topliss-reactive ketones (excluding diaryl/α,β-unsaturated/α-hetero) is 1. The molecule has 1 atom stereocenters. The Hall–Kier alpha value is -3.47. The molecular weight excluding hydrogens is 388 g/mol. The van der Waals surface area contributed by atoms with Gasteiger partial charge in [0.25, 0.3) is 5.91 Å². The molecule has 0 bridgehead atoms. The number of carbonyl (C=O) groups is 3. The number of ketones is 1. The van der Waals surface area contributed by atoms with E-state index in [-0.39, 0.29) is 12.3 Å². The minimum atomic E-state index is -1.23. The number of nitrogens with zero attached hydrogens (tertiary/aromatic N) is 1. The van der Waals surface area contributed by atoms with Gasteiger partial charge >= 0.3 is 6.03 Å². The van der Waals surface area contributed by atoms with Gasteiger partial charge in [-0.05, 0) is 53.3 Å². The number of urea groups is 1. The standard InChI is InChI=1S/C26H26N2O3/c1-4-17-13-14-18(5-2)21(15-17)23(29)16-28-24(30)26(3,27-25(28)31)22-12-8-10-19-9-6-7-11-20(19)22/h6-15H,4-5,16H2,1-3H3,(H,27,31)/t26-/m0/s1. The highest BCUT2D eigenvalue weighted by molar-refractivity contribution is 6.12. The highest BCUT2D eigenvalue weighted by atomic mass is 16.2. The van der Waals surface area contributed by atoms with Gasteiger partial charge in [-0.25, -0.2) is 4.79 Å². The third kappa shape index (κ3) is 3.50. The van der Waals surface area contributed by atoms with Crippen LogP contribution in [0.15, 0.2) is 60.7 Å². The molecule has 3 amide bonds. The predicted octanol–water partition coefficient (Wildman–Crippen LogP) is 4.61. The van der Waals surface area contributed by atoms with Gasteiger partial charge in [0.2, 0.25) is 0 Å². The van der Waals surface area contributed by atoms with Gasteiger partial charge in [0.1, 0.15) is 5.54 Å². The number of hydrogen-bond donors (Lipinski definition) is 1. The molecular formula is C26H26N2O3. The molecule has 0 aliphatic carbocycles. The zero-order valence-electron chi connectivity index (χ0n) is 18.1. The zero-order chi connectivity index (χ0) is 22.2. The number of amides is 3. The number of carbonyl (C=O) groups excluding carboxylic acids is 3. The fourth-order valence-corrected chi connectivity index (χ4v) is 4.32. The Labute approximate surface area is 182 Å². The van der Waals surface area contributed by atoms with E-state index in [0.717, 1.165) is 38.8 Å². The van der Waals surface area contributed by atoms with Gasteiger partial charge in [0, 0.05) is 5.56 Å². The first kappa shape index (κ1) is 20.8. The van der Waals surface area contributed by atoms with Gasteiger partial charge < -0.3 is 5.32 Å². The number of aryl methyl sites for hydroxylation is 2. The summed E-state index contributed by atoms with van der Waals surface area (Å²) in [6.45, 7) is 5.45. The lowest BCUT2D eigenvalue weighted by Crippen LogP contribution is -2.41. The van der Waals surface area contributed by atoms with E-state index in [1.54, 1.807) is 6.92 Å². The lowest BCUT2D eigenvalue weighted by atomic mass is 9.87. The molecule has 0 aromatic heterocycles. The smallest absolute Gasteiger partial charge is 0.319 e. The zero-order valence-corrected chi connectivity index (χ0v) is 18.1. The summed E-state index contributed by atoms with van der Waals surface area (Å²) in [6, 6.07) is 18.8. The molecule has 0 radical (unpaired) electrons. The van der Waals surface area contributed by atoms with Crippen molar-refractivity contribution in [2.75, 3.05) is 6.54 Å². The molecule has 31 heavy (non-hydrogen) atoms. The SMILES string of the molecule is CCc1ccc(CC)c(C(=O)CN2C(=O)N[C@@](C)(c3cccc4ccccc34)C2=O)c1. The van der Waals surface area contributed by atoms with Gasteiger partial charge in [-0.1, -0.05) is 68.4 Å². The van der Waals surface area contributed by atoms with Crippen molar-refractivity contribution in [1.29, 1.82) is 0 Å². The molecule has 1 saturated heterocycles. The van der Waals surface area contributed by atoms with Crippen molar-refractivity contribution in [2.24, 2.45) is 0 Å². The molecule has 0 spiro atoms. The lowest BCUT2D eigenvalue weighted by Gasteiger charge is -2.24. The maximum absolute atomic E-state index is 13.4. The molecule has 4 rings (SSSR count). The second-order valence-corrected chi connectivity index (χ2v) is 8.09. The van der Waals surface area contributed by atoms with Crippen molar-refractivity contribution >= 4 is 28.5 Å². The topological polar surface area (TPSA) is 66.5 Å². The van der Waals surface area contributed by atoms with Crippen LogP contribution < -0.4 is 5.32 Å². The first-order valence-corrected chi connectivity index (χ1v) is 10.7. The minimum absolute atomic E-state index is 0.224. The third-order valence-corrected chi connectivity index (χ3v) is 6.17. The Kier molecular flexibility index (Phi) is 5.36. The fourth-order valence-electron chi connectivity index (χ4n) is 4.32. The summed E-state index contributed by atoms with van der Waals surface area (Å²) in [5, 5.41) is 4.72. The molecule has 5 heteroatoms. The summed E-state index contributed by atoms with van der Waals surface area (Å²) in [5.41, 5.74) is 2.06. The van der Waals surface area contributed by atoms with Crippen LogP contribution in [0.25, 0.3) is 10.8 Å². The first-order valence-electron chi connectivity index (χ1n) is 10.7. The molecule has 1 aliphatic heterocycles. The van der Waals surface area contributed by atoms with Crippen LogP contribution in [0, 0.1) is 0 Å². The maximum atomic E-state index is 13.4. The largest absolute Gasteiger partial charge is 0.325 e. The normalized spacial score (nSPS) is 18.5. The highest BCUT2D eigenvalue weighted by Gasteiger charge is 2.50. The van der Waals surface area contributed by atoms with E-state index in [4.69, 9.17) is 0 Å². The van der Waals surface area contributed by atoms with Crippen LogP contribution >= 0.6 is 0 Å². The Morgan fingerprint density at radius 1 is 0.968 bits per heavy atom. The molecule has 0 unspecified atom stereocenters. The maximum Gasteiger partial charge on any atom is 0.325 e. The van der Waals surface area contributed by atoms with Gasteiger partial charge in [-0.3, -0.25) is 14.5 Å². The van der Waals surface area contributed by atoms with E-state index in [1.165, 1.54) is 0 Å². The number of fused-ring (bicyclic) bond motifs is 1. The van der Waals surface area contributed by atoms with Crippen LogP contribution in [0.3, 0.4) is 0 Å². The summed E-state index contributed by atoms with van der Waals surface area (Å²) >= 11 is 0. The second-order valence-electron chi connectivity index (χ2n) is 8.09. The quantitative estimate of drug-likeness (QED) is 0.473. The summed E-state index contributed by atoms with van der Waals surface area (Å²) in [7, 11) is 0. The van der Waals surface area contributed by atoms with Crippen LogP contribution in [-0.4, -0.2) is 29.2 Å². The van der Waals surface area contributed by atoms with Crippen molar-refractivity contribution in [3.63, 3.8) is 0 Å². The van der Waals surface area contributed by atoms with Crippen molar-refractivity contribution in [1.82, 2.24) is 10.2 Å². The van der Waals surface area contributed by atoms with Crippen molar-refractivity contribution in [3.8, 4) is 0 Å². The summed E-state index contributed by atoms with van der Waals surface area (Å²) in [4.78, 5) is 40.4. The van der Waals surface area contributed by atoms with E-state index in [9.17, 15) is 14.4 Å². The van der Waals surface area contributed by atoms with Gasteiger partial charge in [-0.2, -0.15) is 0 Å². The van der Waals surface area contributed by atoms with Crippen LogP contribution in [0.5, 0.6) is 0 Å². The first-order chi connectivity index (χ1) is 14.9. The molecule has 3 aromatic rings. The van der Waals surface area contributed by atoms with Crippen molar-refractivity contribution in [2.45, 2.75) is 39.2 Å². The van der Waals surface area contributed by atoms with Gasteiger partial charge in [0.05, 0.1) is 6.54 Å². The minimum Gasteiger partial charge on any atom is -0.319 e. The molecule has 158 valence electrons. The molecule has 1 heterocycles. The van der Waals surface area contributed by atoms with E-state index in [1.807, 2.05) is 74.5 Å². The molecule has 0 saturated carbocycles. The number of benzene rings is 3. The summed E-state index contributed by atoms with van der Waals surface area (Å²) in [6.07, 6.45) is 1.52. The average Bonchev–Trinajstić information content (AvgIpc) is 3.01. The Balaban J connectivity index is 1.67. The molecule has 1 fully saturated rings. The van der Waals surface area contributed by atoms with Crippen LogP contribution in [0.1, 0.15) is 47.8 Å². The van der Waals surface area contributed by atoms with Gasteiger partial charge in [0.15, 0.2) is 5.78 Å². The van der Waals surface area contributed by atoms with E-state index in [0.29, 0.717) is 12.0 Å². The Morgan fingerprint density at radius 3 is 2.45 bits per heavy atom. The number of imide groups is 1. The van der Waals surface area contributed by atoms with Crippen LogP contribution in [0.4, 0.5) is 4.79 Å². The number of rotatable bonds is 6. The summed E-state index contributed by atoms with van der Waals surface area (Å²) < 4.78 is 0. The second kappa shape index (κ2) is 7.99. The monoisotopic (exact) mass is 414 g/mol. The van der Waals surface area contributed by atoms with Crippen molar-refractivity contribution in [3.05, 3.63) is 82.9 Å². The van der Waals surface area contributed by atoms with E-state index in [2.05, 4.69) is 5.32 Å². The molecule has 1 N–H and O–H groups in total. The number of hydrogen-bond acceptors (Lipinski definition) is 3. The fraction of sp³-hybridized carbons (Fsp3) is 0.269. The third-order valence-electron chi connectivity index (χ3n) is 6.17.